The van der Waals surface area contributed by atoms with Crippen LogP contribution in [0.1, 0.15) is 41.6 Å². The number of hydrogen-bond donors (Lipinski definition) is 3. The summed E-state index contributed by atoms with van der Waals surface area (Å²) in [5, 5.41) is 12.3. The van der Waals surface area contributed by atoms with Crippen molar-refractivity contribution in [2.24, 2.45) is 5.41 Å². The summed E-state index contributed by atoms with van der Waals surface area (Å²) in [6, 6.07) is 8.82. The van der Waals surface area contributed by atoms with Crippen molar-refractivity contribution >= 4 is 38.7 Å². The molecule has 4 aliphatic rings. The van der Waals surface area contributed by atoms with Crippen LogP contribution in [-0.2, 0) is 21.2 Å². The lowest BCUT2D eigenvalue weighted by molar-refractivity contribution is 0.102. The highest BCUT2D eigenvalue weighted by atomic mass is 32.2. The Hall–Kier alpha value is -2.86. The maximum absolute atomic E-state index is 13.8. The van der Waals surface area contributed by atoms with Gasteiger partial charge in [0.05, 0.1) is 47.3 Å². The van der Waals surface area contributed by atoms with E-state index in [0.29, 0.717) is 29.9 Å². The summed E-state index contributed by atoms with van der Waals surface area (Å²) in [6.07, 6.45) is 5.53. The average molecular weight is 570 g/mol. The minimum absolute atomic E-state index is 0.0644. The summed E-state index contributed by atoms with van der Waals surface area (Å²) in [6.45, 7) is 5.13. The van der Waals surface area contributed by atoms with Crippen LogP contribution >= 0.6 is 0 Å². The van der Waals surface area contributed by atoms with Gasteiger partial charge in [0, 0.05) is 52.0 Å². The summed E-state index contributed by atoms with van der Waals surface area (Å²) >= 11 is 0. The van der Waals surface area contributed by atoms with Gasteiger partial charge in [0.2, 0.25) is 10.0 Å². The van der Waals surface area contributed by atoms with Crippen LogP contribution in [0.25, 0.3) is 0 Å². The molecule has 0 radical (unpaired) electrons. The molecule has 0 unspecified atom stereocenters. The summed E-state index contributed by atoms with van der Waals surface area (Å²) in [5.41, 5.74) is 5.81. The number of fused-ring (bicyclic) bond motifs is 1. The Bertz CT molecular complexity index is 1380. The van der Waals surface area contributed by atoms with Crippen molar-refractivity contribution in [1.82, 2.24) is 4.72 Å². The van der Waals surface area contributed by atoms with Crippen LogP contribution in [-0.4, -0.2) is 85.6 Å². The predicted octanol–water partition coefficient (Wildman–Crippen LogP) is 2.42. The Kier molecular flexibility index (Phi) is 7.41. The van der Waals surface area contributed by atoms with Gasteiger partial charge in [-0.05, 0) is 73.4 Å². The molecule has 0 aromatic heterocycles. The van der Waals surface area contributed by atoms with E-state index in [0.717, 1.165) is 63.4 Å². The van der Waals surface area contributed by atoms with Crippen LogP contribution in [0.4, 0.5) is 22.7 Å². The van der Waals surface area contributed by atoms with Gasteiger partial charge in [0.15, 0.2) is 0 Å². The van der Waals surface area contributed by atoms with E-state index in [-0.39, 0.29) is 24.0 Å². The molecule has 6 rings (SSSR count). The van der Waals surface area contributed by atoms with Gasteiger partial charge in [0.1, 0.15) is 0 Å². The quantitative estimate of drug-likeness (QED) is 0.444. The number of sulfonamides is 1. The Balaban J connectivity index is 1.31. The molecule has 3 N–H and O–H groups in total. The number of hydrogen-bond acceptors (Lipinski definition) is 8. The zero-order valence-electron chi connectivity index (χ0n) is 23.1. The first-order valence-electron chi connectivity index (χ1n) is 14.3. The largest absolute Gasteiger partial charge is 0.395 e. The first kappa shape index (κ1) is 27.3. The fraction of sp³-hybridized carbons (Fsp3) is 0.552. The zero-order valence-corrected chi connectivity index (χ0v) is 23.9. The van der Waals surface area contributed by atoms with Gasteiger partial charge >= 0.3 is 0 Å². The molecule has 1 aliphatic carbocycles. The molecule has 216 valence electrons. The van der Waals surface area contributed by atoms with Crippen LogP contribution < -0.4 is 24.7 Å². The first-order chi connectivity index (χ1) is 19.3. The SMILES string of the molecule is CN1CCc2cc(NC(=O)c3ccc(S(=O)(=O)NCCO)cc3N3CCC4(CC3)CC4)cc(N3CCOCC3)c21. The normalized spacial score (nSPS) is 20.1. The molecule has 2 aromatic carbocycles. The van der Waals surface area contributed by atoms with Gasteiger partial charge in [-0.1, -0.05) is 0 Å². The van der Waals surface area contributed by atoms with Gasteiger partial charge < -0.3 is 29.9 Å². The molecule has 0 bridgehead atoms. The van der Waals surface area contributed by atoms with Crippen LogP contribution in [0.15, 0.2) is 35.2 Å². The number of ether oxygens (including phenoxy) is 1. The smallest absolute Gasteiger partial charge is 0.257 e. The van der Waals surface area contributed by atoms with Crippen LogP contribution in [0.3, 0.4) is 0 Å². The fourth-order valence-electron chi connectivity index (χ4n) is 6.32. The summed E-state index contributed by atoms with van der Waals surface area (Å²) < 4.78 is 33.7. The predicted molar refractivity (Wildman–Crippen MR) is 156 cm³/mol. The van der Waals surface area contributed by atoms with E-state index in [1.165, 1.54) is 30.2 Å². The second kappa shape index (κ2) is 10.8. The Morgan fingerprint density at radius 1 is 0.975 bits per heavy atom. The van der Waals surface area contributed by atoms with Crippen LogP contribution in [0.2, 0.25) is 0 Å². The van der Waals surface area contributed by atoms with Crippen molar-refractivity contribution in [2.75, 3.05) is 86.2 Å². The van der Waals surface area contributed by atoms with Gasteiger partial charge in [-0.3, -0.25) is 4.79 Å². The van der Waals surface area contributed by atoms with E-state index in [1.807, 2.05) is 0 Å². The molecule has 2 saturated heterocycles. The highest BCUT2D eigenvalue weighted by Gasteiger charge is 2.44. The molecule has 3 heterocycles. The van der Waals surface area contributed by atoms with Crippen LogP contribution in [0.5, 0.6) is 0 Å². The van der Waals surface area contributed by atoms with Crippen molar-refractivity contribution in [2.45, 2.75) is 37.0 Å². The van der Waals surface area contributed by atoms with Crippen molar-refractivity contribution in [1.29, 1.82) is 0 Å². The third kappa shape index (κ3) is 5.39. The van der Waals surface area contributed by atoms with Crippen molar-refractivity contribution in [3.05, 3.63) is 41.5 Å². The van der Waals surface area contributed by atoms with Gasteiger partial charge in [-0.25, -0.2) is 13.1 Å². The Morgan fingerprint density at radius 3 is 2.40 bits per heavy atom. The fourth-order valence-corrected chi connectivity index (χ4v) is 7.36. The lowest BCUT2D eigenvalue weighted by Gasteiger charge is -2.35. The van der Waals surface area contributed by atoms with Crippen molar-refractivity contribution in [3.63, 3.8) is 0 Å². The number of morpholine rings is 1. The lowest BCUT2D eigenvalue weighted by Crippen LogP contribution is -2.37. The number of anilines is 4. The molecule has 3 aliphatic heterocycles. The highest BCUT2D eigenvalue weighted by Crippen LogP contribution is 2.54. The maximum Gasteiger partial charge on any atom is 0.257 e. The average Bonchev–Trinajstić information content (AvgIpc) is 3.62. The molecule has 2 aromatic rings. The molecule has 10 nitrogen and oxygen atoms in total. The number of amides is 1. The molecule has 1 saturated carbocycles. The maximum atomic E-state index is 13.8. The van der Waals surface area contributed by atoms with Crippen molar-refractivity contribution < 1.29 is 23.1 Å². The number of aliphatic hydroxyl groups excluding tert-OH is 1. The number of rotatable bonds is 8. The van der Waals surface area contributed by atoms with E-state index in [9.17, 15) is 13.2 Å². The molecule has 1 amide bonds. The highest BCUT2D eigenvalue weighted by molar-refractivity contribution is 7.89. The Labute approximate surface area is 236 Å². The van der Waals surface area contributed by atoms with Crippen molar-refractivity contribution in [3.8, 4) is 0 Å². The summed E-state index contributed by atoms with van der Waals surface area (Å²) in [4.78, 5) is 20.7. The number of benzene rings is 2. The Morgan fingerprint density at radius 2 is 1.70 bits per heavy atom. The van der Waals surface area contributed by atoms with Gasteiger partial charge in [-0.15, -0.1) is 0 Å². The standard InChI is InChI=1S/C29H39N5O5S/c1-32-10-4-21-18-22(19-26(27(21)32)34-13-16-39-17-14-34)31-28(36)24-3-2-23(40(37,38)30-9-15-35)20-25(24)33-11-7-29(5-6-29)8-12-33/h2-3,18-20,30,35H,4-17H2,1H3,(H,31,36). The molecule has 40 heavy (non-hydrogen) atoms. The van der Waals surface area contributed by atoms with E-state index in [1.54, 1.807) is 12.1 Å². The third-order valence-electron chi connectivity index (χ3n) is 8.93. The lowest BCUT2D eigenvalue weighted by atomic mass is 9.93. The number of piperidine rings is 1. The van der Waals surface area contributed by atoms with Crippen LogP contribution in [0, 0.1) is 5.41 Å². The molecule has 3 fully saturated rings. The zero-order chi connectivity index (χ0) is 27.9. The molecule has 1 spiro atoms. The number of nitrogens with one attached hydrogen (secondary N) is 2. The molecule has 11 heteroatoms. The third-order valence-corrected chi connectivity index (χ3v) is 10.4. The monoisotopic (exact) mass is 569 g/mol. The van der Waals surface area contributed by atoms with E-state index in [4.69, 9.17) is 9.84 Å². The number of carbonyl (C=O) groups is 1. The number of aliphatic hydroxyl groups is 1. The topological polar surface area (TPSA) is 114 Å². The second-order valence-electron chi connectivity index (χ2n) is 11.5. The molecular weight excluding hydrogens is 530 g/mol. The number of nitrogens with zero attached hydrogens (tertiary/aromatic N) is 3. The first-order valence-corrected chi connectivity index (χ1v) is 15.8. The second-order valence-corrected chi connectivity index (χ2v) is 13.3. The number of likely N-dealkylation sites (N-methyl/N-ethyl adjacent to an activating group) is 1. The number of carbonyl (C=O) groups excluding carboxylic acids is 1. The van der Waals surface area contributed by atoms with Gasteiger partial charge in [-0.2, -0.15) is 0 Å². The van der Waals surface area contributed by atoms with E-state index >= 15 is 0 Å². The summed E-state index contributed by atoms with van der Waals surface area (Å²) in [7, 11) is -1.71. The molecule has 0 atom stereocenters. The minimum atomic E-state index is -3.81. The summed E-state index contributed by atoms with van der Waals surface area (Å²) in [5.74, 6) is -0.256. The van der Waals surface area contributed by atoms with Gasteiger partial charge in [0.25, 0.3) is 5.91 Å². The minimum Gasteiger partial charge on any atom is -0.395 e. The molecular formula is C29H39N5O5S. The van der Waals surface area contributed by atoms with E-state index < -0.39 is 10.0 Å². The van der Waals surface area contributed by atoms with E-state index in [2.05, 4.69) is 43.9 Å².